The topological polar surface area (TPSA) is 49.6 Å². The lowest BCUT2D eigenvalue weighted by Gasteiger charge is -2.38. The minimum Gasteiger partial charge on any atom is -0.295 e. The molecule has 0 amide bonds. The fourth-order valence-corrected chi connectivity index (χ4v) is 4.54. The van der Waals surface area contributed by atoms with Gasteiger partial charge in [0.25, 0.3) is 0 Å². The molecule has 0 N–H and O–H groups in total. The normalized spacial score (nSPS) is 18.5. The second-order valence-electron chi connectivity index (χ2n) is 7.39. The van der Waals surface area contributed by atoms with Gasteiger partial charge in [-0.3, -0.25) is 9.80 Å². The summed E-state index contributed by atoms with van der Waals surface area (Å²) in [5.41, 5.74) is 3.70. The van der Waals surface area contributed by atoms with Gasteiger partial charge in [-0.2, -0.15) is 0 Å². The van der Waals surface area contributed by atoms with Crippen LogP contribution in [0.3, 0.4) is 0 Å². The molecule has 148 valence electrons. The summed E-state index contributed by atoms with van der Waals surface area (Å²) in [6.07, 6.45) is 3.77. The van der Waals surface area contributed by atoms with E-state index in [-0.39, 0.29) is 11.9 Å². The van der Waals surface area contributed by atoms with E-state index < -0.39 is 0 Å². The Balaban J connectivity index is 1.43. The second kappa shape index (κ2) is 7.62. The summed E-state index contributed by atoms with van der Waals surface area (Å²) >= 11 is 1.69. The van der Waals surface area contributed by atoms with E-state index in [0.29, 0.717) is 0 Å². The Kier molecular flexibility index (Phi) is 4.83. The zero-order valence-corrected chi connectivity index (χ0v) is 16.9. The predicted octanol–water partition coefficient (Wildman–Crippen LogP) is 3.48. The molecule has 3 aromatic heterocycles. The molecule has 0 saturated carbocycles. The first-order valence-corrected chi connectivity index (χ1v) is 10.5. The number of likely N-dealkylation sites (N-methyl/N-ethyl adjacent to an activating group) is 1. The monoisotopic (exact) mass is 408 g/mol. The number of fused-ring (bicyclic) bond motifs is 1. The fraction of sp³-hybridized carbons (Fsp3) is 0.286. The number of hydrogen-bond acceptors (Lipinski definition) is 6. The van der Waals surface area contributed by atoms with Crippen molar-refractivity contribution in [2.24, 2.45) is 0 Å². The van der Waals surface area contributed by atoms with Crippen molar-refractivity contribution in [2.45, 2.75) is 12.6 Å². The molecule has 0 spiro atoms. The SMILES string of the molecule is CN1CCN(Cc2nccs2)C[C@@H]1c1nnn2cc(-c3cccc(F)c3)ccc12. The van der Waals surface area contributed by atoms with E-state index >= 15 is 0 Å². The van der Waals surface area contributed by atoms with Crippen LogP contribution in [-0.4, -0.2) is 56.3 Å². The van der Waals surface area contributed by atoms with Gasteiger partial charge in [0.05, 0.1) is 18.1 Å². The van der Waals surface area contributed by atoms with Gasteiger partial charge in [-0.1, -0.05) is 23.4 Å². The van der Waals surface area contributed by atoms with Crippen molar-refractivity contribution < 1.29 is 4.39 Å². The molecule has 1 aliphatic heterocycles. The van der Waals surface area contributed by atoms with Crippen molar-refractivity contribution in [2.75, 3.05) is 26.7 Å². The minimum absolute atomic E-state index is 0.168. The van der Waals surface area contributed by atoms with Crippen molar-refractivity contribution >= 4 is 16.9 Å². The maximum absolute atomic E-state index is 13.6. The third-order valence-electron chi connectivity index (χ3n) is 5.49. The number of pyridine rings is 1. The molecular formula is C21H21FN6S. The van der Waals surface area contributed by atoms with Crippen LogP contribution in [0, 0.1) is 5.82 Å². The molecular weight excluding hydrogens is 387 g/mol. The number of aromatic nitrogens is 4. The van der Waals surface area contributed by atoms with Crippen LogP contribution in [-0.2, 0) is 6.54 Å². The number of rotatable bonds is 4. The molecule has 1 aliphatic rings. The number of thiazole rings is 1. The summed E-state index contributed by atoms with van der Waals surface area (Å²) in [6, 6.07) is 10.8. The van der Waals surface area contributed by atoms with Crippen molar-refractivity contribution in [3.8, 4) is 11.1 Å². The number of nitrogens with zero attached hydrogens (tertiary/aromatic N) is 6. The van der Waals surface area contributed by atoms with Crippen LogP contribution in [0.25, 0.3) is 16.6 Å². The van der Waals surface area contributed by atoms with Crippen molar-refractivity contribution in [3.63, 3.8) is 0 Å². The van der Waals surface area contributed by atoms with Gasteiger partial charge in [-0.05, 0) is 30.8 Å². The molecule has 5 rings (SSSR count). The van der Waals surface area contributed by atoms with E-state index in [9.17, 15) is 4.39 Å². The highest BCUT2D eigenvalue weighted by Crippen LogP contribution is 2.28. The zero-order valence-electron chi connectivity index (χ0n) is 16.1. The summed E-state index contributed by atoms with van der Waals surface area (Å²) in [5.74, 6) is -0.244. The fourth-order valence-electron chi connectivity index (χ4n) is 3.88. The van der Waals surface area contributed by atoms with Gasteiger partial charge in [0.1, 0.15) is 16.5 Å². The number of piperazine rings is 1. The highest BCUT2D eigenvalue weighted by molar-refractivity contribution is 7.09. The maximum atomic E-state index is 13.6. The number of halogens is 1. The molecule has 1 saturated heterocycles. The van der Waals surface area contributed by atoms with Gasteiger partial charge in [-0.15, -0.1) is 16.4 Å². The average Bonchev–Trinajstić information content (AvgIpc) is 3.39. The molecule has 1 fully saturated rings. The lowest BCUT2D eigenvalue weighted by atomic mass is 10.1. The van der Waals surface area contributed by atoms with E-state index in [1.165, 1.54) is 12.1 Å². The van der Waals surface area contributed by atoms with Crippen molar-refractivity contribution in [3.05, 3.63) is 70.7 Å². The Morgan fingerprint density at radius 2 is 2.10 bits per heavy atom. The first-order valence-electron chi connectivity index (χ1n) is 9.59. The predicted molar refractivity (Wildman–Crippen MR) is 111 cm³/mol. The molecule has 1 aromatic carbocycles. The Morgan fingerprint density at radius 3 is 2.93 bits per heavy atom. The van der Waals surface area contributed by atoms with Crippen LogP contribution in [0.1, 0.15) is 16.7 Å². The lowest BCUT2D eigenvalue weighted by Crippen LogP contribution is -2.46. The summed E-state index contributed by atoms with van der Waals surface area (Å²) in [6.45, 7) is 3.73. The van der Waals surface area contributed by atoms with Crippen LogP contribution >= 0.6 is 11.3 Å². The van der Waals surface area contributed by atoms with Crippen LogP contribution in [0.2, 0.25) is 0 Å². The van der Waals surface area contributed by atoms with E-state index in [1.807, 2.05) is 36.0 Å². The molecule has 4 aromatic rings. The van der Waals surface area contributed by atoms with Gasteiger partial charge < -0.3 is 0 Å². The standard InChI is InChI=1S/C21H21FN6S/c1-26-8-9-27(14-20-23-7-10-29-20)13-19(26)21-18-6-5-16(12-28(18)25-24-21)15-3-2-4-17(22)11-15/h2-7,10-12,19H,8-9,13-14H2,1H3/t19-/m1/s1. The average molecular weight is 409 g/mol. The van der Waals surface area contributed by atoms with E-state index in [1.54, 1.807) is 21.9 Å². The molecule has 29 heavy (non-hydrogen) atoms. The Labute approximate surface area is 172 Å². The molecule has 4 heterocycles. The summed E-state index contributed by atoms with van der Waals surface area (Å²) < 4.78 is 15.4. The molecule has 6 nitrogen and oxygen atoms in total. The Bertz CT molecular complexity index is 1130. The van der Waals surface area contributed by atoms with E-state index in [4.69, 9.17) is 0 Å². The molecule has 0 bridgehead atoms. The number of benzene rings is 1. The maximum Gasteiger partial charge on any atom is 0.123 e. The summed E-state index contributed by atoms with van der Waals surface area (Å²) in [7, 11) is 2.14. The summed E-state index contributed by atoms with van der Waals surface area (Å²) in [5, 5.41) is 12.0. The summed E-state index contributed by atoms with van der Waals surface area (Å²) in [4.78, 5) is 9.18. The van der Waals surface area contributed by atoms with E-state index in [0.717, 1.165) is 53.5 Å². The first kappa shape index (κ1) is 18.4. The minimum atomic E-state index is -0.244. The third-order valence-corrected chi connectivity index (χ3v) is 6.25. The number of hydrogen-bond donors (Lipinski definition) is 0. The zero-order chi connectivity index (χ0) is 19.8. The van der Waals surface area contributed by atoms with Gasteiger partial charge in [0.15, 0.2) is 0 Å². The highest BCUT2D eigenvalue weighted by Gasteiger charge is 2.29. The first-order chi connectivity index (χ1) is 14.2. The van der Waals surface area contributed by atoms with Gasteiger partial charge in [0, 0.05) is 43.0 Å². The smallest absolute Gasteiger partial charge is 0.123 e. The quantitative estimate of drug-likeness (QED) is 0.517. The van der Waals surface area contributed by atoms with Gasteiger partial charge in [0.2, 0.25) is 0 Å². The van der Waals surface area contributed by atoms with Crippen LogP contribution in [0.15, 0.2) is 54.2 Å². The van der Waals surface area contributed by atoms with Crippen molar-refractivity contribution in [1.82, 2.24) is 29.6 Å². The van der Waals surface area contributed by atoms with Gasteiger partial charge >= 0.3 is 0 Å². The highest BCUT2D eigenvalue weighted by atomic mass is 32.1. The molecule has 0 radical (unpaired) electrons. The second-order valence-corrected chi connectivity index (χ2v) is 8.37. The van der Waals surface area contributed by atoms with Crippen molar-refractivity contribution in [1.29, 1.82) is 0 Å². The third kappa shape index (κ3) is 3.66. The Morgan fingerprint density at radius 1 is 1.17 bits per heavy atom. The molecule has 0 unspecified atom stereocenters. The van der Waals surface area contributed by atoms with Gasteiger partial charge in [-0.25, -0.2) is 13.9 Å². The van der Waals surface area contributed by atoms with E-state index in [2.05, 4.69) is 32.1 Å². The van der Waals surface area contributed by atoms with Crippen LogP contribution < -0.4 is 0 Å². The van der Waals surface area contributed by atoms with Crippen LogP contribution in [0.4, 0.5) is 4.39 Å². The molecule has 1 atom stereocenters. The largest absolute Gasteiger partial charge is 0.295 e. The molecule has 0 aliphatic carbocycles. The van der Waals surface area contributed by atoms with Crippen LogP contribution in [0.5, 0.6) is 0 Å². The molecule has 8 heteroatoms. The lowest BCUT2D eigenvalue weighted by molar-refractivity contribution is 0.0889. The Hall–Kier alpha value is -2.68.